The van der Waals surface area contributed by atoms with Crippen molar-refractivity contribution in [3.05, 3.63) is 29.6 Å². The highest BCUT2D eigenvalue weighted by molar-refractivity contribution is 5.32. The minimum absolute atomic E-state index is 0.472. The number of aromatic nitrogens is 1. The van der Waals surface area contributed by atoms with Gasteiger partial charge in [0.05, 0.1) is 6.54 Å². The Kier molecular flexibility index (Phi) is 3.17. The minimum Gasteiger partial charge on any atom is -0.258 e. The zero-order valence-electron chi connectivity index (χ0n) is 6.95. The van der Waals surface area contributed by atoms with Crippen LogP contribution in [0.15, 0.2) is 23.2 Å². The first kappa shape index (κ1) is 8.62. The van der Waals surface area contributed by atoms with Crippen molar-refractivity contribution in [3.63, 3.8) is 0 Å². The van der Waals surface area contributed by atoms with Gasteiger partial charge in [0.1, 0.15) is 0 Å². The molecule has 0 aliphatic heterocycles. The first-order valence-corrected chi connectivity index (χ1v) is 3.79. The van der Waals surface area contributed by atoms with Crippen molar-refractivity contribution in [2.45, 2.75) is 13.3 Å². The van der Waals surface area contributed by atoms with Gasteiger partial charge < -0.3 is 0 Å². The van der Waals surface area contributed by atoms with Crippen LogP contribution in [0.5, 0.6) is 0 Å². The topological polar surface area (TPSA) is 42.3 Å². The molecule has 12 heavy (non-hydrogen) atoms. The van der Waals surface area contributed by atoms with Gasteiger partial charge in [0, 0.05) is 17.8 Å². The van der Waals surface area contributed by atoms with Crippen molar-refractivity contribution in [3.8, 4) is 0 Å². The molecule has 0 amide bonds. The fourth-order valence-corrected chi connectivity index (χ4v) is 0.955. The van der Waals surface area contributed by atoms with Crippen molar-refractivity contribution in [1.29, 1.82) is 0 Å². The third kappa shape index (κ3) is 2.64. The summed E-state index contributed by atoms with van der Waals surface area (Å²) in [6.45, 7) is 2.41. The van der Waals surface area contributed by atoms with Gasteiger partial charge in [-0.25, -0.2) is 9.79 Å². The minimum atomic E-state index is 0.472. The molecule has 0 N–H and O–H groups in total. The maximum Gasteiger partial charge on any atom is 0.234 e. The largest absolute Gasteiger partial charge is 0.258 e. The predicted octanol–water partition coefficient (Wildman–Crippen LogP) is 1.27. The van der Waals surface area contributed by atoms with E-state index in [-0.39, 0.29) is 0 Å². The monoisotopic (exact) mass is 162 g/mol. The Bertz CT molecular complexity index is 303. The van der Waals surface area contributed by atoms with Crippen molar-refractivity contribution < 1.29 is 4.79 Å². The molecular weight excluding hydrogens is 152 g/mol. The number of aliphatic imine (C=N–C) groups is 1. The van der Waals surface area contributed by atoms with Gasteiger partial charge in [0.2, 0.25) is 6.08 Å². The highest BCUT2D eigenvalue weighted by atomic mass is 16.1. The molecule has 0 unspecified atom stereocenters. The summed E-state index contributed by atoms with van der Waals surface area (Å²) in [7, 11) is 0. The number of hydrogen-bond acceptors (Lipinski definition) is 3. The summed E-state index contributed by atoms with van der Waals surface area (Å²) in [5, 5.41) is 0. The van der Waals surface area contributed by atoms with Gasteiger partial charge in [0.25, 0.3) is 0 Å². The third-order valence-electron chi connectivity index (χ3n) is 1.49. The van der Waals surface area contributed by atoms with Gasteiger partial charge in [-0.1, -0.05) is 6.07 Å². The summed E-state index contributed by atoms with van der Waals surface area (Å²) in [6.07, 6.45) is 2.21. The Morgan fingerprint density at radius 3 is 3.08 bits per heavy atom. The maximum atomic E-state index is 9.75. The molecule has 3 nitrogen and oxygen atoms in total. The van der Waals surface area contributed by atoms with Crippen LogP contribution in [0.25, 0.3) is 0 Å². The molecule has 1 rings (SSSR count). The second-order valence-electron chi connectivity index (χ2n) is 2.49. The van der Waals surface area contributed by atoms with E-state index in [1.807, 2.05) is 25.1 Å². The van der Waals surface area contributed by atoms with Crippen molar-refractivity contribution >= 4 is 6.08 Å². The Morgan fingerprint density at radius 2 is 2.42 bits per heavy atom. The number of isocyanates is 1. The molecule has 0 radical (unpaired) electrons. The fraction of sp³-hybridized carbons (Fsp3) is 0.333. The summed E-state index contributed by atoms with van der Waals surface area (Å²) >= 11 is 0. The molecule has 1 heterocycles. The molecule has 0 aliphatic carbocycles. The lowest BCUT2D eigenvalue weighted by molar-refractivity contribution is 0.563. The van der Waals surface area contributed by atoms with Crippen LogP contribution in [-0.4, -0.2) is 17.6 Å². The van der Waals surface area contributed by atoms with E-state index in [4.69, 9.17) is 0 Å². The zero-order valence-corrected chi connectivity index (χ0v) is 6.95. The molecule has 62 valence electrons. The van der Waals surface area contributed by atoms with Crippen LogP contribution in [0.1, 0.15) is 11.4 Å². The lowest BCUT2D eigenvalue weighted by Crippen LogP contribution is -1.94. The van der Waals surface area contributed by atoms with Gasteiger partial charge in [-0.3, -0.25) is 4.98 Å². The lowest BCUT2D eigenvalue weighted by Gasteiger charge is -1.96. The molecule has 0 fully saturated rings. The molecule has 3 heteroatoms. The van der Waals surface area contributed by atoms with E-state index in [9.17, 15) is 4.79 Å². The second kappa shape index (κ2) is 4.42. The first-order valence-electron chi connectivity index (χ1n) is 3.79. The van der Waals surface area contributed by atoms with E-state index >= 15 is 0 Å². The zero-order chi connectivity index (χ0) is 8.81. The van der Waals surface area contributed by atoms with Crippen LogP contribution in [0.2, 0.25) is 0 Å². The molecule has 0 saturated heterocycles. The van der Waals surface area contributed by atoms with Crippen LogP contribution in [0.3, 0.4) is 0 Å². The summed E-state index contributed by atoms with van der Waals surface area (Å²) in [6, 6.07) is 5.81. The molecule has 0 atom stereocenters. The van der Waals surface area contributed by atoms with Crippen LogP contribution in [0, 0.1) is 6.92 Å². The van der Waals surface area contributed by atoms with Crippen LogP contribution in [0.4, 0.5) is 0 Å². The van der Waals surface area contributed by atoms with Gasteiger partial charge in [0.15, 0.2) is 0 Å². The van der Waals surface area contributed by atoms with Crippen LogP contribution in [-0.2, 0) is 11.2 Å². The molecule has 1 aromatic rings. The van der Waals surface area contributed by atoms with Crippen molar-refractivity contribution in [2.75, 3.05) is 6.54 Å². The molecule has 1 aromatic heterocycles. The van der Waals surface area contributed by atoms with Crippen LogP contribution >= 0.6 is 0 Å². The summed E-state index contributed by atoms with van der Waals surface area (Å²) < 4.78 is 0. The highest BCUT2D eigenvalue weighted by Gasteiger charge is 1.92. The van der Waals surface area contributed by atoms with E-state index in [0.29, 0.717) is 13.0 Å². The normalized spacial score (nSPS) is 9.08. The van der Waals surface area contributed by atoms with E-state index in [0.717, 1.165) is 11.4 Å². The number of aryl methyl sites for hydroxylation is 1. The SMILES string of the molecule is Cc1cccc(CCN=C=O)n1. The van der Waals surface area contributed by atoms with Gasteiger partial charge in [-0.15, -0.1) is 0 Å². The molecular formula is C9H10N2O. The fourth-order valence-electron chi connectivity index (χ4n) is 0.955. The van der Waals surface area contributed by atoms with Crippen molar-refractivity contribution in [1.82, 2.24) is 4.98 Å². The molecule has 0 spiro atoms. The number of pyridine rings is 1. The van der Waals surface area contributed by atoms with Crippen LogP contribution < -0.4 is 0 Å². The second-order valence-corrected chi connectivity index (χ2v) is 2.49. The molecule has 0 saturated carbocycles. The first-order chi connectivity index (χ1) is 5.83. The number of carbonyl (C=O) groups excluding carboxylic acids is 1. The van der Waals surface area contributed by atoms with E-state index in [2.05, 4.69) is 9.98 Å². The smallest absolute Gasteiger partial charge is 0.234 e. The van der Waals surface area contributed by atoms with Gasteiger partial charge >= 0.3 is 0 Å². The Hall–Kier alpha value is -1.47. The number of rotatable bonds is 3. The quantitative estimate of drug-likeness (QED) is 0.496. The van der Waals surface area contributed by atoms with Crippen molar-refractivity contribution in [2.24, 2.45) is 4.99 Å². The summed E-state index contributed by atoms with van der Waals surface area (Å²) in [5.41, 5.74) is 1.96. The molecule has 0 aromatic carbocycles. The molecule has 0 aliphatic rings. The van der Waals surface area contributed by atoms with Gasteiger partial charge in [-0.2, -0.15) is 0 Å². The summed E-state index contributed by atoms with van der Waals surface area (Å²) in [5.74, 6) is 0. The van der Waals surface area contributed by atoms with E-state index in [1.165, 1.54) is 6.08 Å². The molecule has 0 bridgehead atoms. The summed E-state index contributed by atoms with van der Waals surface area (Å²) in [4.78, 5) is 17.5. The Labute approximate surface area is 71.2 Å². The van der Waals surface area contributed by atoms with E-state index < -0.39 is 0 Å². The lowest BCUT2D eigenvalue weighted by atomic mass is 10.2. The number of nitrogens with zero attached hydrogens (tertiary/aromatic N) is 2. The Morgan fingerprint density at radius 1 is 1.58 bits per heavy atom. The predicted molar refractivity (Wildman–Crippen MR) is 45.7 cm³/mol. The Balaban J connectivity index is 2.57. The average Bonchev–Trinajstić information content (AvgIpc) is 2.05. The maximum absolute atomic E-state index is 9.75. The van der Waals surface area contributed by atoms with E-state index in [1.54, 1.807) is 0 Å². The van der Waals surface area contributed by atoms with Gasteiger partial charge in [-0.05, 0) is 19.1 Å². The highest BCUT2D eigenvalue weighted by Crippen LogP contribution is 1.98. The number of hydrogen-bond donors (Lipinski definition) is 0. The third-order valence-corrected chi connectivity index (χ3v) is 1.49. The average molecular weight is 162 g/mol. The standard InChI is InChI=1S/C9H10N2O/c1-8-3-2-4-9(11-8)5-6-10-7-12/h2-4H,5-6H2,1H3.